The molecule has 1 aliphatic rings. The first kappa shape index (κ1) is 12.8. The highest BCUT2D eigenvalue weighted by molar-refractivity contribution is 9.09. The summed E-state index contributed by atoms with van der Waals surface area (Å²) in [7, 11) is 2.14. The van der Waals surface area contributed by atoms with Crippen LogP contribution in [0.4, 0.5) is 5.82 Å². The van der Waals surface area contributed by atoms with E-state index in [2.05, 4.69) is 49.0 Å². The summed E-state index contributed by atoms with van der Waals surface area (Å²) in [5.41, 5.74) is 0.976. The summed E-state index contributed by atoms with van der Waals surface area (Å²) in [5, 5.41) is 4.29. The molecule has 0 amide bonds. The summed E-state index contributed by atoms with van der Waals surface area (Å²) in [6, 6.07) is 2.58. The van der Waals surface area contributed by atoms with E-state index in [1.807, 2.05) is 11.4 Å². The van der Waals surface area contributed by atoms with E-state index in [0.29, 0.717) is 16.6 Å². The quantitative estimate of drug-likeness (QED) is 0.797. The van der Waals surface area contributed by atoms with E-state index in [1.165, 1.54) is 25.7 Å². The van der Waals surface area contributed by atoms with E-state index in [0.717, 1.165) is 11.5 Å². The topological polar surface area (TPSA) is 46.3 Å². The lowest BCUT2D eigenvalue weighted by atomic mass is 9.94. The standard InChI is InChI=1S/C13H18BrN5/c1-9-7-12(19-13(17-9)15-8-16-19)18(2)11-6-4-3-5-10(11)14/h7-8,10-11H,3-6H2,1-2H3. The second-order valence-electron chi connectivity index (χ2n) is 5.21. The van der Waals surface area contributed by atoms with Gasteiger partial charge in [-0.15, -0.1) is 0 Å². The number of aryl methyl sites for hydroxylation is 1. The maximum Gasteiger partial charge on any atom is 0.254 e. The molecule has 2 unspecified atom stereocenters. The van der Waals surface area contributed by atoms with Gasteiger partial charge in [0.25, 0.3) is 5.78 Å². The number of hydrogen-bond donors (Lipinski definition) is 0. The lowest BCUT2D eigenvalue weighted by molar-refractivity contribution is 0.440. The van der Waals surface area contributed by atoms with Crippen LogP contribution >= 0.6 is 15.9 Å². The van der Waals surface area contributed by atoms with Gasteiger partial charge in [-0.3, -0.25) is 0 Å². The highest BCUT2D eigenvalue weighted by Crippen LogP contribution is 2.30. The van der Waals surface area contributed by atoms with Crippen molar-refractivity contribution in [1.82, 2.24) is 19.6 Å². The molecule has 0 spiro atoms. The summed E-state index contributed by atoms with van der Waals surface area (Å²) >= 11 is 3.82. The first-order valence-electron chi connectivity index (χ1n) is 6.71. The average Bonchev–Trinajstić information content (AvgIpc) is 2.85. The van der Waals surface area contributed by atoms with Gasteiger partial charge in [-0.25, -0.2) is 4.98 Å². The minimum Gasteiger partial charge on any atom is -0.355 e. The number of fused-ring (bicyclic) bond motifs is 1. The van der Waals surface area contributed by atoms with E-state index >= 15 is 0 Å². The molecule has 1 aliphatic carbocycles. The van der Waals surface area contributed by atoms with Gasteiger partial charge in [0.05, 0.1) is 0 Å². The van der Waals surface area contributed by atoms with Gasteiger partial charge in [0, 0.05) is 29.7 Å². The Bertz CT molecular complexity index is 581. The van der Waals surface area contributed by atoms with E-state index in [1.54, 1.807) is 6.33 Å². The molecule has 3 rings (SSSR count). The first-order chi connectivity index (χ1) is 9.16. The second-order valence-corrected chi connectivity index (χ2v) is 6.38. The van der Waals surface area contributed by atoms with E-state index in [9.17, 15) is 0 Å². The van der Waals surface area contributed by atoms with Crippen molar-refractivity contribution in [3.8, 4) is 0 Å². The molecular formula is C13H18BrN5. The molecule has 0 aliphatic heterocycles. The van der Waals surface area contributed by atoms with Crippen molar-refractivity contribution in [1.29, 1.82) is 0 Å². The molecule has 2 heterocycles. The van der Waals surface area contributed by atoms with Gasteiger partial charge in [-0.1, -0.05) is 28.8 Å². The first-order valence-corrected chi connectivity index (χ1v) is 7.62. The summed E-state index contributed by atoms with van der Waals surface area (Å²) in [6.45, 7) is 2.00. The summed E-state index contributed by atoms with van der Waals surface area (Å²) in [4.78, 5) is 11.4. The molecule has 0 aromatic carbocycles. The van der Waals surface area contributed by atoms with Crippen molar-refractivity contribution in [2.75, 3.05) is 11.9 Å². The number of nitrogens with zero attached hydrogens (tertiary/aromatic N) is 5. The third-order valence-corrected chi connectivity index (χ3v) is 4.94. The lowest BCUT2D eigenvalue weighted by Gasteiger charge is -2.36. The minimum absolute atomic E-state index is 0.503. The normalized spacial score (nSPS) is 23.7. The van der Waals surface area contributed by atoms with Crippen LogP contribution in [-0.2, 0) is 0 Å². The fourth-order valence-corrected chi connectivity index (χ4v) is 3.78. The van der Waals surface area contributed by atoms with Crippen LogP contribution in [0.2, 0.25) is 0 Å². The molecule has 5 nitrogen and oxygen atoms in total. The Morgan fingerprint density at radius 3 is 2.95 bits per heavy atom. The Labute approximate surface area is 121 Å². The molecule has 0 saturated heterocycles. The van der Waals surface area contributed by atoms with Crippen LogP contribution in [-0.4, -0.2) is 37.5 Å². The lowest BCUT2D eigenvalue weighted by Crippen LogP contribution is -2.41. The largest absolute Gasteiger partial charge is 0.355 e. The van der Waals surface area contributed by atoms with Gasteiger partial charge in [-0.05, 0) is 19.8 Å². The van der Waals surface area contributed by atoms with Gasteiger partial charge in [0.2, 0.25) is 0 Å². The number of rotatable bonds is 2. The minimum atomic E-state index is 0.503. The highest BCUT2D eigenvalue weighted by Gasteiger charge is 2.28. The molecule has 0 bridgehead atoms. The molecule has 2 aromatic rings. The number of alkyl halides is 1. The van der Waals surface area contributed by atoms with E-state index in [4.69, 9.17) is 0 Å². The third kappa shape index (κ3) is 2.33. The van der Waals surface area contributed by atoms with Crippen molar-refractivity contribution >= 4 is 27.5 Å². The van der Waals surface area contributed by atoms with Crippen LogP contribution in [0.25, 0.3) is 5.78 Å². The molecule has 6 heteroatoms. The Morgan fingerprint density at radius 2 is 2.16 bits per heavy atom. The van der Waals surface area contributed by atoms with Gasteiger partial charge >= 0.3 is 0 Å². The van der Waals surface area contributed by atoms with Crippen molar-refractivity contribution < 1.29 is 0 Å². The monoisotopic (exact) mass is 323 g/mol. The predicted octanol–water partition coefficient (Wildman–Crippen LogP) is 2.58. The Morgan fingerprint density at radius 1 is 1.37 bits per heavy atom. The zero-order valence-corrected chi connectivity index (χ0v) is 12.8. The fraction of sp³-hybridized carbons (Fsp3) is 0.615. The van der Waals surface area contributed by atoms with Crippen molar-refractivity contribution in [2.45, 2.75) is 43.5 Å². The number of hydrogen-bond acceptors (Lipinski definition) is 4. The number of aromatic nitrogens is 4. The van der Waals surface area contributed by atoms with Crippen LogP contribution in [0, 0.1) is 6.92 Å². The van der Waals surface area contributed by atoms with Gasteiger partial charge in [0.1, 0.15) is 12.1 Å². The van der Waals surface area contributed by atoms with Crippen LogP contribution < -0.4 is 4.90 Å². The van der Waals surface area contributed by atoms with Crippen LogP contribution in [0.15, 0.2) is 12.4 Å². The molecular weight excluding hydrogens is 306 g/mol. The smallest absolute Gasteiger partial charge is 0.254 e. The Balaban J connectivity index is 2.00. The SMILES string of the molecule is Cc1cc(N(C)C2CCCCC2Br)n2ncnc2n1. The van der Waals surface area contributed by atoms with Gasteiger partial charge in [0.15, 0.2) is 0 Å². The van der Waals surface area contributed by atoms with E-state index in [-0.39, 0.29) is 0 Å². The predicted molar refractivity (Wildman–Crippen MR) is 78.9 cm³/mol. The maximum absolute atomic E-state index is 4.39. The molecule has 0 N–H and O–H groups in total. The maximum atomic E-state index is 4.39. The molecule has 2 aromatic heterocycles. The Kier molecular flexibility index (Phi) is 3.43. The Hall–Kier alpha value is -1.17. The van der Waals surface area contributed by atoms with Gasteiger partial charge in [-0.2, -0.15) is 14.6 Å². The third-order valence-electron chi connectivity index (χ3n) is 3.87. The molecule has 1 fully saturated rings. The number of anilines is 1. The molecule has 0 radical (unpaired) electrons. The average molecular weight is 324 g/mol. The highest BCUT2D eigenvalue weighted by atomic mass is 79.9. The van der Waals surface area contributed by atoms with Crippen LogP contribution in [0.1, 0.15) is 31.4 Å². The molecule has 19 heavy (non-hydrogen) atoms. The summed E-state index contributed by atoms with van der Waals surface area (Å²) < 4.78 is 1.82. The molecule has 1 saturated carbocycles. The number of halogens is 1. The van der Waals surface area contributed by atoms with Crippen molar-refractivity contribution in [3.63, 3.8) is 0 Å². The zero-order chi connectivity index (χ0) is 13.4. The van der Waals surface area contributed by atoms with Crippen molar-refractivity contribution in [2.24, 2.45) is 0 Å². The summed E-state index contributed by atoms with van der Waals surface area (Å²) in [6.07, 6.45) is 6.62. The zero-order valence-electron chi connectivity index (χ0n) is 11.3. The fourth-order valence-electron chi connectivity index (χ4n) is 2.83. The van der Waals surface area contributed by atoms with Gasteiger partial charge < -0.3 is 4.90 Å². The molecule has 2 atom stereocenters. The van der Waals surface area contributed by atoms with E-state index < -0.39 is 0 Å². The van der Waals surface area contributed by atoms with Crippen LogP contribution in [0.3, 0.4) is 0 Å². The summed E-state index contributed by atoms with van der Waals surface area (Å²) in [5.74, 6) is 1.74. The molecule has 102 valence electrons. The second kappa shape index (κ2) is 5.07. The van der Waals surface area contributed by atoms with Crippen molar-refractivity contribution in [3.05, 3.63) is 18.1 Å². The van der Waals surface area contributed by atoms with Crippen LogP contribution in [0.5, 0.6) is 0 Å².